The van der Waals surface area contributed by atoms with Crippen molar-refractivity contribution in [2.75, 3.05) is 66.3 Å². The van der Waals surface area contributed by atoms with Crippen LogP contribution in [-0.2, 0) is 33.3 Å². The first-order valence-electron chi connectivity index (χ1n) is 24.0. The van der Waals surface area contributed by atoms with Gasteiger partial charge in [0.1, 0.15) is 13.2 Å². The molecular formula is C50H88N2O7. The first kappa shape index (κ1) is 54.3. The lowest BCUT2D eigenvalue weighted by molar-refractivity contribution is -0.148. The Morgan fingerprint density at radius 3 is 1.41 bits per heavy atom. The zero-order chi connectivity index (χ0) is 42.7. The van der Waals surface area contributed by atoms with Gasteiger partial charge in [0.25, 0.3) is 0 Å². The normalized spacial score (nSPS) is 14.1. The minimum Gasteiger partial charge on any atom is -0.464 e. The lowest BCUT2D eigenvalue weighted by atomic mass is 10.1. The number of amides is 1. The summed E-state index contributed by atoms with van der Waals surface area (Å²) in [4.78, 5) is 42.3. The van der Waals surface area contributed by atoms with E-state index in [-0.39, 0.29) is 56.8 Å². The summed E-state index contributed by atoms with van der Waals surface area (Å²) in [6, 6.07) is 0. The maximum absolute atomic E-state index is 13.5. The van der Waals surface area contributed by atoms with Crippen LogP contribution in [0.15, 0.2) is 48.6 Å². The molecule has 0 aromatic rings. The van der Waals surface area contributed by atoms with Crippen molar-refractivity contribution >= 4 is 17.8 Å². The van der Waals surface area contributed by atoms with Crippen LogP contribution in [0.3, 0.4) is 0 Å². The first-order chi connectivity index (χ1) is 29.0. The molecule has 59 heavy (non-hydrogen) atoms. The average Bonchev–Trinajstić information content (AvgIpc) is 3.23. The fraction of sp³-hybridized carbons (Fsp3) is 0.780. The molecule has 0 N–H and O–H groups in total. The number of carbonyl (C=O) groups excluding carboxylic acids is 3. The predicted octanol–water partition coefficient (Wildman–Crippen LogP) is 11.7. The van der Waals surface area contributed by atoms with E-state index in [0.717, 1.165) is 90.1 Å². The van der Waals surface area contributed by atoms with Gasteiger partial charge in [0.05, 0.1) is 39.0 Å². The summed E-state index contributed by atoms with van der Waals surface area (Å²) in [5.74, 6) is -0.483. The van der Waals surface area contributed by atoms with E-state index >= 15 is 0 Å². The van der Waals surface area contributed by atoms with Crippen LogP contribution in [0.4, 0.5) is 0 Å². The van der Waals surface area contributed by atoms with E-state index in [0.29, 0.717) is 26.1 Å². The summed E-state index contributed by atoms with van der Waals surface area (Å²) in [7, 11) is 1.67. The molecule has 0 spiro atoms. The highest BCUT2D eigenvalue weighted by molar-refractivity contribution is 5.78. The van der Waals surface area contributed by atoms with Gasteiger partial charge in [0.15, 0.2) is 0 Å². The molecule has 1 aliphatic rings. The van der Waals surface area contributed by atoms with Crippen molar-refractivity contribution in [1.82, 2.24) is 9.80 Å². The number of methoxy groups -OCH3 is 1. The summed E-state index contributed by atoms with van der Waals surface area (Å²) in [6.45, 7) is 8.32. The third-order valence-corrected chi connectivity index (χ3v) is 10.8. The molecule has 0 aromatic heterocycles. The summed E-state index contributed by atoms with van der Waals surface area (Å²) in [5, 5.41) is 0. The SMILES string of the molecule is CCCCC/C=C\C/C=C\CCCCCCCC(=O)OCCN(CCOC(=O)CCCCCCC/C=C\C/C=C\CCCCC)C(=O)CN1CCC(OCCOC)CC1. The standard InChI is InChI=1S/C50H88N2O7/c1-4-6-8-10-12-14-16-18-20-22-24-26-28-30-32-34-49(54)58-42-40-52(48(53)46-51-38-36-47(37-39-51)57-45-44-56-3)41-43-59-50(55)35-33-31-29-27-25-23-21-19-17-15-13-11-9-7-5-2/h12-15,18-21,47H,4-11,16-17,22-46H2,1-3H3/b14-12-,15-13-,20-18-,21-19-. The van der Waals surface area contributed by atoms with Crippen LogP contribution in [-0.4, -0.2) is 100 Å². The molecule has 1 aliphatic heterocycles. The molecule has 1 rings (SSSR count). The van der Waals surface area contributed by atoms with Gasteiger partial charge in [-0.3, -0.25) is 19.3 Å². The van der Waals surface area contributed by atoms with Gasteiger partial charge in [0, 0.05) is 33.0 Å². The van der Waals surface area contributed by atoms with Gasteiger partial charge in [-0.25, -0.2) is 0 Å². The molecule has 0 saturated carbocycles. The van der Waals surface area contributed by atoms with E-state index in [2.05, 4.69) is 67.4 Å². The molecule has 1 amide bonds. The maximum atomic E-state index is 13.5. The number of likely N-dealkylation sites (tertiary alicyclic amines) is 1. The van der Waals surface area contributed by atoms with Gasteiger partial charge < -0.3 is 23.8 Å². The largest absolute Gasteiger partial charge is 0.464 e. The highest BCUT2D eigenvalue weighted by Gasteiger charge is 2.24. The maximum Gasteiger partial charge on any atom is 0.305 e. The van der Waals surface area contributed by atoms with Gasteiger partial charge in [-0.2, -0.15) is 0 Å². The lowest BCUT2D eigenvalue weighted by Crippen LogP contribution is -2.46. The molecule has 0 aliphatic carbocycles. The Morgan fingerprint density at radius 1 is 0.542 bits per heavy atom. The van der Waals surface area contributed by atoms with E-state index in [4.69, 9.17) is 18.9 Å². The van der Waals surface area contributed by atoms with Crippen LogP contribution in [0.25, 0.3) is 0 Å². The zero-order valence-electron chi connectivity index (χ0n) is 38.2. The second-order valence-electron chi connectivity index (χ2n) is 16.1. The Kier molecular flexibility index (Phi) is 38.6. The van der Waals surface area contributed by atoms with E-state index in [1.165, 1.54) is 77.0 Å². The molecule has 0 radical (unpaired) electrons. The molecule has 0 bridgehead atoms. The quantitative estimate of drug-likeness (QED) is 0.0342. The van der Waals surface area contributed by atoms with E-state index in [1.807, 2.05) is 0 Å². The summed E-state index contributed by atoms with van der Waals surface area (Å²) in [6.07, 6.45) is 45.9. The minimum absolute atomic E-state index is 0.0433. The predicted molar refractivity (Wildman–Crippen MR) is 245 cm³/mol. The molecule has 0 unspecified atom stereocenters. The fourth-order valence-corrected chi connectivity index (χ4v) is 7.03. The molecule has 340 valence electrons. The molecule has 1 heterocycles. The first-order valence-corrected chi connectivity index (χ1v) is 24.0. The Hall–Kier alpha value is -2.75. The van der Waals surface area contributed by atoms with E-state index < -0.39 is 0 Å². The Labute approximate surface area is 361 Å². The van der Waals surface area contributed by atoms with Crippen molar-refractivity contribution < 1.29 is 33.3 Å². The van der Waals surface area contributed by atoms with Gasteiger partial charge in [-0.05, 0) is 89.9 Å². The Balaban J connectivity index is 2.32. The molecule has 1 saturated heterocycles. The van der Waals surface area contributed by atoms with Crippen molar-refractivity contribution in [3.05, 3.63) is 48.6 Å². The second-order valence-corrected chi connectivity index (χ2v) is 16.1. The molecule has 9 heteroatoms. The summed E-state index contributed by atoms with van der Waals surface area (Å²) >= 11 is 0. The third-order valence-electron chi connectivity index (χ3n) is 10.8. The van der Waals surface area contributed by atoms with Crippen LogP contribution in [0.5, 0.6) is 0 Å². The average molecular weight is 829 g/mol. The number of unbranched alkanes of at least 4 members (excludes halogenated alkanes) is 16. The number of esters is 2. The monoisotopic (exact) mass is 829 g/mol. The van der Waals surface area contributed by atoms with Crippen molar-refractivity contribution in [1.29, 1.82) is 0 Å². The van der Waals surface area contributed by atoms with E-state index in [1.54, 1.807) is 12.0 Å². The number of hydrogen-bond donors (Lipinski definition) is 0. The van der Waals surface area contributed by atoms with Gasteiger partial charge in [0.2, 0.25) is 5.91 Å². The highest BCUT2D eigenvalue weighted by Crippen LogP contribution is 2.15. The Bertz CT molecular complexity index is 1050. The number of ether oxygens (including phenoxy) is 4. The smallest absolute Gasteiger partial charge is 0.305 e. The van der Waals surface area contributed by atoms with Crippen molar-refractivity contribution in [2.24, 2.45) is 0 Å². The molecule has 0 aromatic carbocycles. The Morgan fingerprint density at radius 2 is 0.966 bits per heavy atom. The molecule has 9 nitrogen and oxygen atoms in total. The van der Waals surface area contributed by atoms with E-state index in [9.17, 15) is 14.4 Å². The minimum atomic E-state index is -0.220. The number of piperidine rings is 1. The fourth-order valence-electron chi connectivity index (χ4n) is 7.03. The van der Waals surface area contributed by atoms with Crippen molar-refractivity contribution in [2.45, 2.75) is 187 Å². The number of carbonyl (C=O) groups is 3. The third kappa shape index (κ3) is 35.7. The number of nitrogens with zero attached hydrogens (tertiary/aromatic N) is 2. The lowest BCUT2D eigenvalue weighted by Gasteiger charge is -2.33. The molecule has 1 fully saturated rings. The van der Waals surface area contributed by atoms with Gasteiger partial charge in [-0.15, -0.1) is 0 Å². The van der Waals surface area contributed by atoms with Crippen LogP contribution in [0, 0.1) is 0 Å². The second kappa shape index (κ2) is 42.0. The summed E-state index contributed by atoms with van der Waals surface area (Å²) in [5.41, 5.74) is 0. The van der Waals surface area contributed by atoms with Crippen molar-refractivity contribution in [3.8, 4) is 0 Å². The van der Waals surface area contributed by atoms with Crippen LogP contribution in [0.2, 0.25) is 0 Å². The van der Waals surface area contributed by atoms with Crippen molar-refractivity contribution in [3.63, 3.8) is 0 Å². The number of allylic oxidation sites excluding steroid dienone is 8. The van der Waals surface area contributed by atoms with Crippen LogP contribution < -0.4 is 0 Å². The highest BCUT2D eigenvalue weighted by atomic mass is 16.5. The van der Waals surface area contributed by atoms with Crippen LogP contribution in [0.1, 0.15) is 181 Å². The summed E-state index contributed by atoms with van der Waals surface area (Å²) < 4.78 is 22.1. The molecule has 0 atom stereocenters. The number of hydrogen-bond acceptors (Lipinski definition) is 8. The number of rotatable bonds is 40. The topological polar surface area (TPSA) is 94.6 Å². The van der Waals surface area contributed by atoms with Gasteiger partial charge >= 0.3 is 11.9 Å². The zero-order valence-corrected chi connectivity index (χ0v) is 38.2. The van der Waals surface area contributed by atoms with Crippen LogP contribution >= 0.6 is 0 Å². The van der Waals surface area contributed by atoms with Gasteiger partial charge in [-0.1, -0.05) is 127 Å². The molecular weight excluding hydrogens is 741 g/mol.